The van der Waals surface area contributed by atoms with Crippen LogP contribution < -0.4 is 9.46 Å². The van der Waals surface area contributed by atoms with Crippen LogP contribution in [0, 0.1) is 0 Å². The van der Waals surface area contributed by atoms with Crippen molar-refractivity contribution >= 4 is 21.8 Å². The Bertz CT molecular complexity index is 580. The van der Waals surface area contributed by atoms with Crippen molar-refractivity contribution in [2.45, 2.75) is 18.9 Å². The van der Waals surface area contributed by atoms with Crippen molar-refractivity contribution < 1.29 is 23.1 Å². The molecular formula is C10H12N2O5S. The first-order chi connectivity index (χ1) is 8.35. The van der Waals surface area contributed by atoms with Gasteiger partial charge >= 0.3 is 5.97 Å². The zero-order valence-corrected chi connectivity index (χ0v) is 10.4. The van der Waals surface area contributed by atoms with E-state index in [9.17, 15) is 13.2 Å². The van der Waals surface area contributed by atoms with E-state index in [0.717, 1.165) is 19.1 Å². The molecule has 1 fully saturated rings. The number of hydrogen-bond acceptors (Lipinski definition) is 5. The summed E-state index contributed by atoms with van der Waals surface area (Å²) in [4.78, 5) is 14.7. The summed E-state index contributed by atoms with van der Waals surface area (Å²) in [5, 5.41) is 9.00. The number of aromatic carboxylic acids is 1. The van der Waals surface area contributed by atoms with E-state index < -0.39 is 16.0 Å². The lowest BCUT2D eigenvalue weighted by Crippen LogP contribution is -2.13. The summed E-state index contributed by atoms with van der Waals surface area (Å²) in [5.41, 5.74) is -0.296. The molecule has 1 saturated carbocycles. The van der Waals surface area contributed by atoms with Gasteiger partial charge in [-0.3, -0.25) is 4.72 Å². The van der Waals surface area contributed by atoms with Crippen LogP contribution in [0.25, 0.3) is 0 Å². The lowest BCUT2D eigenvalue weighted by molar-refractivity contribution is 0.0685. The highest BCUT2D eigenvalue weighted by molar-refractivity contribution is 7.92. The van der Waals surface area contributed by atoms with Crippen LogP contribution in [-0.4, -0.2) is 36.8 Å². The Labute approximate surface area is 104 Å². The van der Waals surface area contributed by atoms with Gasteiger partial charge in [0.2, 0.25) is 10.0 Å². The van der Waals surface area contributed by atoms with Crippen LogP contribution in [0.5, 0.6) is 5.75 Å². The number of nitrogens with zero attached hydrogens (tertiary/aromatic N) is 1. The number of hydrogen-bond donors (Lipinski definition) is 2. The van der Waals surface area contributed by atoms with Gasteiger partial charge in [0.25, 0.3) is 0 Å². The fourth-order valence-corrected chi connectivity index (χ4v) is 1.80. The molecule has 0 atom stereocenters. The number of carboxylic acids is 1. The van der Waals surface area contributed by atoms with Crippen LogP contribution in [0.2, 0.25) is 0 Å². The second-order valence-electron chi connectivity index (χ2n) is 4.04. The van der Waals surface area contributed by atoms with E-state index >= 15 is 0 Å². The van der Waals surface area contributed by atoms with E-state index in [0.29, 0.717) is 0 Å². The maximum Gasteiger partial charge on any atom is 0.358 e. The minimum absolute atomic E-state index is 0.0404. The van der Waals surface area contributed by atoms with Gasteiger partial charge in [0.15, 0.2) is 11.4 Å². The Morgan fingerprint density at radius 3 is 2.67 bits per heavy atom. The minimum Gasteiger partial charge on any atom is -0.488 e. The van der Waals surface area contributed by atoms with Gasteiger partial charge in [-0.05, 0) is 25.0 Å². The fraction of sp³-hybridized carbons (Fsp3) is 0.400. The monoisotopic (exact) mass is 272 g/mol. The molecule has 1 aromatic heterocycles. The van der Waals surface area contributed by atoms with E-state index in [1.54, 1.807) is 0 Å². The normalized spacial score (nSPS) is 15.2. The zero-order chi connectivity index (χ0) is 13.3. The maximum absolute atomic E-state index is 11.0. The highest BCUT2D eigenvalue weighted by Gasteiger charge is 2.26. The SMILES string of the molecule is CS(=O)(=O)Nc1ccc(OC2CC2)c(C(=O)O)n1. The first-order valence-corrected chi connectivity index (χ1v) is 7.13. The molecule has 0 saturated heterocycles. The highest BCUT2D eigenvalue weighted by atomic mass is 32.2. The number of carboxylic acid groups (broad SMARTS) is 1. The highest BCUT2D eigenvalue weighted by Crippen LogP contribution is 2.29. The molecule has 7 nitrogen and oxygen atoms in total. The first kappa shape index (κ1) is 12.6. The van der Waals surface area contributed by atoms with Gasteiger partial charge in [-0.25, -0.2) is 18.2 Å². The number of carbonyl (C=O) groups is 1. The van der Waals surface area contributed by atoms with Gasteiger partial charge in [-0.15, -0.1) is 0 Å². The predicted molar refractivity (Wildman–Crippen MR) is 63.3 cm³/mol. The second-order valence-corrected chi connectivity index (χ2v) is 5.79. The molecule has 1 heterocycles. The van der Waals surface area contributed by atoms with Crippen LogP contribution in [-0.2, 0) is 10.0 Å². The molecule has 1 aliphatic carbocycles. The predicted octanol–water partition coefficient (Wildman–Crippen LogP) is 0.692. The Balaban J connectivity index is 2.30. The molecular weight excluding hydrogens is 260 g/mol. The Morgan fingerprint density at radius 1 is 1.50 bits per heavy atom. The van der Waals surface area contributed by atoms with E-state index in [2.05, 4.69) is 9.71 Å². The average molecular weight is 272 g/mol. The lowest BCUT2D eigenvalue weighted by Gasteiger charge is -2.09. The molecule has 8 heteroatoms. The third kappa shape index (κ3) is 3.33. The second kappa shape index (κ2) is 4.45. The quantitative estimate of drug-likeness (QED) is 0.817. The number of sulfonamides is 1. The molecule has 0 radical (unpaired) electrons. The number of rotatable bonds is 5. The number of ether oxygens (including phenoxy) is 1. The third-order valence-corrected chi connectivity index (χ3v) is 2.75. The number of aromatic nitrogens is 1. The van der Waals surface area contributed by atoms with Crippen LogP contribution in [0.4, 0.5) is 5.82 Å². The van der Waals surface area contributed by atoms with Crippen LogP contribution in [0.1, 0.15) is 23.3 Å². The molecule has 0 spiro atoms. The van der Waals surface area contributed by atoms with Crippen LogP contribution in [0.15, 0.2) is 12.1 Å². The van der Waals surface area contributed by atoms with Gasteiger partial charge in [0.1, 0.15) is 5.82 Å². The van der Waals surface area contributed by atoms with E-state index in [-0.39, 0.29) is 23.4 Å². The smallest absolute Gasteiger partial charge is 0.358 e. The molecule has 0 aromatic carbocycles. The molecule has 2 N–H and O–H groups in total. The standard InChI is InChI=1S/C10H12N2O5S/c1-18(15,16)12-8-5-4-7(17-6-2-3-6)9(11-8)10(13)14/h4-6H,2-3H2,1H3,(H,11,12)(H,13,14). The number of pyridine rings is 1. The molecule has 1 aliphatic rings. The van der Waals surface area contributed by atoms with Crippen molar-refractivity contribution in [1.82, 2.24) is 4.98 Å². The Hall–Kier alpha value is -1.83. The Morgan fingerprint density at radius 2 is 2.17 bits per heavy atom. The first-order valence-electron chi connectivity index (χ1n) is 5.24. The van der Waals surface area contributed by atoms with Crippen molar-refractivity contribution in [2.24, 2.45) is 0 Å². The van der Waals surface area contributed by atoms with Gasteiger partial charge in [0.05, 0.1) is 12.4 Å². The molecule has 18 heavy (non-hydrogen) atoms. The third-order valence-electron chi connectivity index (χ3n) is 2.17. The minimum atomic E-state index is -3.49. The summed E-state index contributed by atoms with van der Waals surface area (Å²) in [6.07, 6.45) is 2.78. The van der Waals surface area contributed by atoms with Gasteiger partial charge in [0, 0.05) is 0 Å². The van der Waals surface area contributed by atoms with Crippen molar-refractivity contribution in [3.05, 3.63) is 17.8 Å². The maximum atomic E-state index is 11.0. The van der Waals surface area contributed by atoms with E-state index in [1.165, 1.54) is 12.1 Å². The molecule has 1 aromatic rings. The largest absolute Gasteiger partial charge is 0.488 e. The van der Waals surface area contributed by atoms with Crippen molar-refractivity contribution in [2.75, 3.05) is 11.0 Å². The fourth-order valence-electron chi connectivity index (χ4n) is 1.31. The zero-order valence-electron chi connectivity index (χ0n) is 9.58. The van der Waals surface area contributed by atoms with E-state index in [1.807, 2.05) is 0 Å². The van der Waals surface area contributed by atoms with Crippen LogP contribution >= 0.6 is 0 Å². The summed E-state index contributed by atoms with van der Waals surface area (Å²) in [6.45, 7) is 0. The summed E-state index contributed by atoms with van der Waals surface area (Å²) >= 11 is 0. The molecule has 0 unspecified atom stereocenters. The summed E-state index contributed by atoms with van der Waals surface area (Å²) < 4.78 is 29.5. The summed E-state index contributed by atoms with van der Waals surface area (Å²) in [7, 11) is -3.49. The molecule has 98 valence electrons. The van der Waals surface area contributed by atoms with Gasteiger partial charge in [-0.1, -0.05) is 0 Å². The van der Waals surface area contributed by atoms with Crippen molar-refractivity contribution in [3.63, 3.8) is 0 Å². The summed E-state index contributed by atoms with van der Waals surface area (Å²) in [6, 6.07) is 2.77. The lowest BCUT2D eigenvalue weighted by atomic mass is 10.3. The number of anilines is 1. The Kier molecular flexibility index (Phi) is 3.12. The number of nitrogens with one attached hydrogen (secondary N) is 1. The topological polar surface area (TPSA) is 106 Å². The average Bonchev–Trinajstić information content (AvgIpc) is 3.01. The van der Waals surface area contributed by atoms with Crippen molar-refractivity contribution in [1.29, 1.82) is 0 Å². The van der Waals surface area contributed by atoms with Gasteiger partial charge in [-0.2, -0.15) is 0 Å². The molecule has 0 bridgehead atoms. The van der Waals surface area contributed by atoms with E-state index in [4.69, 9.17) is 9.84 Å². The molecule has 0 amide bonds. The van der Waals surface area contributed by atoms with Crippen LogP contribution in [0.3, 0.4) is 0 Å². The molecule has 2 rings (SSSR count). The molecule has 0 aliphatic heterocycles. The summed E-state index contributed by atoms with van der Waals surface area (Å²) in [5.74, 6) is -1.15. The van der Waals surface area contributed by atoms with Crippen molar-refractivity contribution in [3.8, 4) is 5.75 Å². The van der Waals surface area contributed by atoms with Gasteiger partial charge < -0.3 is 9.84 Å².